The zero-order valence-corrected chi connectivity index (χ0v) is 19.0. The maximum atomic E-state index is 13.6. The Bertz CT molecular complexity index is 1190. The molecule has 3 rings (SSSR count). The Balaban J connectivity index is 2.01. The Morgan fingerprint density at radius 3 is 2.32 bits per heavy atom. The van der Waals surface area contributed by atoms with E-state index in [4.69, 9.17) is 16.3 Å². The lowest BCUT2D eigenvalue weighted by molar-refractivity contribution is -0.114. The number of sulfonamides is 1. The van der Waals surface area contributed by atoms with E-state index in [1.807, 2.05) is 13.8 Å². The maximum Gasteiger partial charge on any atom is 0.264 e. The van der Waals surface area contributed by atoms with Crippen LogP contribution in [0.15, 0.2) is 71.6 Å². The summed E-state index contributed by atoms with van der Waals surface area (Å²) in [6, 6.07) is 18.1. The van der Waals surface area contributed by atoms with E-state index in [0.717, 1.165) is 15.4 Å². The van der Waals surface area contributed by atoms with Gasteiger partial charge in [0.25, 0.3) is 10.0 Å². The third-order valence-corrected chi connectivity index (χ3v) is 6.84. The molecule has 6 nitrogen and oxygen atoms in total. The summed E-state index contributed by atoms with van der Waals surface area (Å²) < 4.78 is 33.6. The number of ether oxygens (including phenoxy) is 1. The number of anilines is 2. The number of para-hydroxylation sites is 2. The van der Waals surface area contributed by atoms with Crippen molar-refractivity contribution in [1.82, 2.24) is 0 Å². The summed E-state index contributed by atoms with van der Waals surface area (Å²) in [7, 11) is -2.60. The van der Waals surface area contributed by atoms with Gasteiger partial charge < -0.3 is 10.1 Å². The molecule has 0 bridgehead atoms. The molecule has 0 aliphatic heterocycles. The number of aryl methyl sites for hydroxylation is 2. The van der Waals surface area contributed by atoms with Gasteiger partial charge in [-0.25, -0.2) is 8.42 Å². The lowest BCUT2D eigenvalue weighted by Gasteiger charge is -2.26. The predicted molar refractivity (Wildman–Crippen MR) is 124 cm³/mol. The lowest BCUT2D eigenvalue weighted by atomic mass is 10.1. The zero-order valence-electron chi connectivity index (χ0n) is 17.4. The largest absolute Gasteiger partial charge is 0.495 e. The molecule has 0 fully saturated rings. The first-order valence-corrected chi connectivity index (χ1v) is 11.3. The number of nitrogens with zero attached hydrogens (tertiary/aromatic N) is 1. The number of methoxy groups -OCH3 is 1. The molecule has 0 unspecified atom stereocenters. The first kappa shape index (κ1) is 22.7. The van der Waals surface area contributed by atoms with E-state index in [-0.39, 0.29) is 10.6 Å². The first-order chi connectivity index (χ1) is 14.7. The van der Waals surface area contributed by atoms with E-state index in [1.165, 1.54) is 13.2 Å². The summed E-state index contributed by atoms with van der Waals surface area (Å²) in [5.41, 5.74) is 2.60. The van der Waals surface area contributed by atoms with E-state index < -0.39 is 22.5 Å². The number of halogens is 1. The summed E-state index contributed by atoms with van der Waals surface area (Å²) >= 11 is 5.88. The molecule has 0 saturated carbocycles. The van der Waals surface area contributed by atoms with Gasteiger partial charge in [-0.05, 0) is 73.5 Å². The van der Waals surface area contributed by atoms with Crippen molar-refractivity contribution in [3.63, 3.8) is 0 Å². The highest BCUT2D eigenvalue weighted by atomic mass is 35.5. The molecule has 1 N–H and O–H groups in total. The monoisotopic (exact) mass is 458 g/mol. The van der Waals surface area contributed by atoms with Crippen molar-refractivity contribution in [3.05, 3.63) is 82.9 Å². The Labute approximate surface area is 187 Å². The molecule has 0 aliphatic carbocycles. The van der Waals surface area contributed by atoms with Crippen molar-refractivity contribution in [2.45, 2.75) is 18.7 Å². The summed E-state index contributed by atoms with van der Waals surface area (Å²) in [6.45, 7) is 3.32. The van der Waals surface area contributed by atoms with Gasteiger partial charge in [0.05, 0.1) is 17.7 Å². The molecule has 0 radical (unpaired) electrons. The van der Waals surface area contributed by atoms with Crippen molar-refractivity contribution in [2.75, 3.05) is 23.3 Å². The molecule has 162 valence electrons. The maximum absolute atomic E-state index is 13.6. The van der Waals surface area contributed by atoms with Gasteiger partial charge in [-0.3, -0.25) is 9.10 Å². The molecule has 8 heteroatoms. The topological polar surface area (TPSA) is 75.7 Å². The summed E-state index contributed by atoms with van der Waals surface area (Å²) in [4.78, 5) is 12.9. The smallest absolute Gasteiger partial charge is 0.264 e. The fraction of sp³-hybridized carbons (Fsp3) is 0.174. The van der Waals surface area contributed by atoms with E-state index in [2.05, 4.69) is 5.32 Å². The molecule has 3 aromatic carbocycles. The van der Waals surface area contributed by atoms with Crippen LogP contribution in [0.5, 0.6) is 5.75 Å². The molecule has 0 aliphatic rings. The Morgan fingerprint density at radius 1 is 1.00 bits per heavy atom. The van der Waals surface area contributed by atoms with Gasteiger partial charge in [0.15, 0.2) is 0 Å². The van der Waals surface area contributed by atoms with Crippen molar-refractivity contribution >= 4 is 38.9 Å². The highest BCUT2D eigenvalue weighted by Crippen LogP contribution is 2.32. The molecule has 0 saturated heterocycles. The van der Waals surface area contributed by atoms with Crippen molar-refractivity contribution in [1.29, 1.82) is 0 Å². The summed E-state index contributed by atoms with van der Waals surface area (Å²) in [6.07, 6.45) is 0. The number of amides is 1. The van der Waals surface area contributed by atoms with Crippen LogP contribution in [-0.2, 0) is 14.8 Å². The van der Waals surface area contributed by atoms with Gasteiger partial charge in [-0.15, -0.1) is 0 Å². The number of carbonyl (C=O) groups excluding carboxylic acids is 1. The van der Waals surface area contributed by atoms with Gasteiger partial charge in [0, 0.05) is 10.7 Å². The quantitative estimate of drug-likeness (QED) is 0.551. The molecular weight excluding hydrogens is 436 g/mol. The van der Waals surface area contributed by atoms with Crippen molar-refractivity contribution < 1.29 is 17.9 Å². The first-order valence-electron chi connectivity index (χ1n) is 9.51. The van der Waals surface area contributed by atoms with Crippen LogP contribution in [0, 0.1) is 13.8 Å². The summed E-state index contributed by atoms with van der Waals surface area (Å²) in [5, 5.41) is 3.24. The van der Waals surface area contributed by atoms with Crippen LogP contribution in [-0.4, -0.2) is 28.0 Å². The zero-order chi connectivity index (χ0) is 22.6. The number of hydrogen-bond acceptors (Lipinski definition) is 4. The average molecular weight is 459 g/mol. The Kier molecular flexibility index (Phi) is 6.87. The van der Waals surface area contributed by atoms with E-state index in [0.29, 0.717) is 16.5 Å². The normalized spacial score (nSPS) is 11.1. The number of carbonyl (C=O) groups is 1. The van der Waals surface area contributed by atoms with Gasteiger partial charge in [-0.1, -0.05) is 29.8 Å². The second-order valence-electron chi connectivity index (χ2n) is 6.98. The molecule has 3 aromatic rings. The van der Waals surface area contributed by atoms with Crippen LogP contribution in [0.25, 0.3) is 0 Å². The van der Waals surface area contributed by atoms with Crippen LogP contribution in [0.2, 0.25) is 5.02 Å². The number of nitrogens with one attached hydrogen (secondary N) is 1. The third-order valence-electron chi connectivity index (χ3n) is 4.84. The lowest BCUT2D eigenvalue weighted by Crippen LogP contribution is -2.38. The van der Waals surface area contributed by atoms with E-state index >= 15 is 0 Å². The minimum Gasteiger partial charge on any atom is -0.495 e. The van der Waals surface area contributed by atoms with Gasteiger partial charge in [-0.2, -0.15) is 0 Å². The molecule has 31 heavy (non-hydrogen) atoms. The second kappa shape index (κ2) is 9.41. The minimum atomic E-state index is -4.05. The number of benzene rings is 3. The van der Waals surface area contributed by atoms with Crippen LogP contribution < -0.4 is 14.4 Å². The average Bonchev–Trinajstić information content (AvgIpc) is 2.75. The molecule has 0 spiro atoms. The highest BCUT2D eigenvalue weighted by Gasteiger charge is 2.29. The molecule has 0 atom stereocenters. The highest BCUT2D eigenvalue weighted by molar-refractivity contribution is 7.92. The Hall–Kier alpha value is -3.03. The van der Waals surface area contributed by atoms with E-state index in [9.17, 15) is 13.2 Å². The van der Waals surface area contributed by atoms with Crippen molar-refractivity contribution in [2.24, 2.45) is 0 Å². The van der Waals surface area contributed by atoms with Crippen LogP contribution in [0.4, 0.5) is 11.4 Å². The number of hydrogen-bond donors (Lipinski definition) is 1. The molecular formula is C23H23ClN2O4S. The predicted octanol–water partition coefficient (Wildman–Crippen LogP) is 4.80. The molecule has 0 aromatic heterocycles. The molecule has 0 heterocycles. The third kappa shape index (κ3) is 5.18. The molecule has 1 amide bonds. The van der Waals surface area contributed by atoms with Crippen LogP contribution in [0.1, 0.15) is 11.1 Å². The van der Waals surface area contributed by atoms with Crippen LogP contribution in [0.3, 0.4) is 0 Å². The van der Waals surface area contributed by atoms with Crippen molar-refractivity contribution in [3.8, 4) is 5.75 Å². The summed E-state index contributed by atoms with van der Waals surface area (Å²) in [5.74, 6) is -0.158. The standard InChI is InChI=1S/C23H23ClN2O4S/c1-16-8-13-20(14-17(16)2)31(28,29)26(21-6-4-5-7-22(21)30-3)15-23(27)25-19-11-9-18(24)10-12-19/h4-14H,15H2,1-3H3,(H,25,27). The Morgan fingerprint density at radius 2 is 1.68 bits per heavy atom. The van der Waals surface area contributed by atoms with E-state index in [1.54, 1.807) is 60.7 Å². The minimum absolute atomic E-state index is 0.0980. The number of rotatable bonds is 7. The van der Waals surface area contributed by atoms with Gasteiger partial charge in [0.1, 0.15) is 12.3 Å². The fourth-order valence-corrected chi connectivity index (χ4v) is 4.64. The van der Waals surface area contributed by atoms with Gasteiger partial charge >= 0.3 is 0 Å². The SMILES string of the molecule is COc1ccccc1N(CC(=O)Nc1ccc(Cl)cc1)S(=O)(=O)c1ccc(C)c(C)c1. The van der Waals surface area contributed by atoms with Gasteiger partial charge in [0.2, 0.25) is 5.91 Å². The van der Waals surface area contributed by atoms with Crippen LogP contribution >= 0.6 is 11.6 Å². The fourth-order valence-electron chi connectivity index (χ4n) is 3.00. The second-order valence-corrected chi connectivity index (χ2v) is 9.28.